The van der Waals surface area contributed by atoms with Crippen LogP contribution in [0.25, 0.3) is 0 Å². The van der Waals surface area contributed by atoms with Crippen molar-refractivity contribution in [2.45, 2.75) is 39.2 Å². The van der Waals surface area contributed by atoms with E-state index in [4.69, 9.17) is 5.11 Å². The molecule has 1 saturated carbocycles. The van der Waals surface area contributed by atoms with Crippen LogP contribution < -0.4 is 5.32 Å². The van der Waals surface area contributed by atoms with Gasteiger partial charge in [0.15, 0.2) is 0 Å². The lowest BCUT2D eigenvalue weighted by molar-refractivity contribution is -0.154. The quantitative estimate of drug-likeness (QED) is 0.647. The average molecular weight is 277 g/mol. The standard InChI is InChI=1S/C11H19NO5S/c1-3-18(16,17)7-6-11(2,10(14)15)9(13)12-8-4-5-8/h8H,3-7H2,1-2H3,(H,12,13)(H,14,15). The fraction of sp³-hybridized carbons (Fsp3) is 0.818. The second-order valence-corrected chi connectivity index (χ2v) is 7.34. The van der Waals surface area contributed by atoms with Gasteiger partial charge >= 0.3 is 5.97 Å². The number of carbonyl (C=O) groups excluding carboxylic acids is 1. The van der Waals surface area contributed by atoms with Gasteiger partial charge in [-0.3, -0.25) is 9.59 Å². The minimum absolute atomic E-state index is 0.0487. The summed E-state index contributed by atoms with van der Waals surface area (Å²) in [6, 6.07) is 0.0546. The second kappa shape index (κ2) is 5.26. The van der Waals surface area contributed by atoms with Crippen molar-refractivity contribution < 1.29 is 23.1 Å². The monoisotopic (exact) mass is 277 g/mol. The molecule has 0 aromatic rings. The maximum Gasteiger partial charge on any atom is 0.318 e. The van der Waals surface area contributed by atoms with E-state index in [0.29, 0.717) is 0 Å². The van der Waals surface area contributed by atoms with Gasteiger partial charge in [0, 0.05) is 11.8 Å². The van der Waals surface area contributed by atoms with Gasteiger partial charge in [-0.15, -0.1) is 0 Å². The van der Waals surface area contributed by atoms with E-state index < -0.39 is 27.1 Å². The molecule has 6 nitrogen and oxygen atoms in total. The number of carbonyl (C=O) groups is 2. The van der Waals surface area contributed by atoms with E-state index in [1.807, 2.05) is 0 Å². The van der Waals surface area contributed by atoms with Gasteiger partial charge in [0.25, 0.3) is 0 Å². The van der Waals surface area contributed by atoms with E-state index in [9.17, 15) is 18.0 Å². The summed E-state index contributed by atoms with van der Waals surface area (Å²) in [4.78, 5) is 23.1. The molecule has 104 valence electrons. The van der Waals surface area contributed by atoms with Crippen molar-refractivity contribution >= 4 is 21.7 Å². The number of carboxylic acid groups (broad SMARTS) is 1. The molecule has 1 amide bonds. The van der Waals surface area contributed by atoms with Gasteiger partial charge in [0.05, 0.1) is 5.75 Å². The number of amides is 1. The van der Waals surface area contributed by atoms with E-state index in [2.05, 4.69) is 5.32 Å². The van der Waals surface area contributed by atoms with Crippen LogP contribution in [-0.2, 0) is 19.4 Å². The molecule has 0 saturated heterocycles. The Morgan fingerprint density at radius 1 is 1.39 bits per heavy atom. The third-order valence-electron chi connectivity index (χ3n) is 3.24. The van der Waals surface area contributed by atoms with E-state index in [1.54, 1.807) is 0 Å². The van der Waals surface area contributed by atoms with Crippen LogP contribution in [0.4, 0.5) is 0 Å². The molecule has 0 spiro atoms. The minimum Gasteiger partial charge on any atom is -0.480 e. The molecule has 0 aromatic heterocycles. The molecule has 0 radical (unpaired) electrons. The van der Waals surface area contributed by atoms with Gasteiger partial charge in [0.2, 0.25) is 5.91 Å². The van der Waals surface area contributed by atoms with Crippen LogP contribution in [0.15, 0.2) is 0 Å². The fourth-order valence-corrected chi connectivity index (χ4v) is 2.40. The molecule has 1 fully saturated rings. The average Bonchev–Trinajstić information content (AvgIpc) is 3.09. The highest BCUT2D eigenvalue weighted by atomic mass is 32.2. The van der Waals surface area contributed by atoms with E-state index in [1.165, 1.54) is 13.8 Å². The zero-order chi connectivity index (χ0) is 14.0. The van der Waals surface area contributed by atoms with Crippen molar-refractivity contribution in [1.82, 2.24) is 5.32 Å². The Labute approximate surface area is 107 Å². The van der Waals surface area contributed by atoms with E-state index >= 15 is 0 Å². The highest BCUT2D eigenvalue weighted by Gasteiger charge is 2.43. The Morgan fingerprint density at radius 3 is 2.33 bits per heavy atom. The first-order chi connectivity index (χ1) is 8.21. The molecule has 18 heavy (non-hydrogen) atoms. The third-order valence-corrected chi connectivity index (χ3v) is 4.94. The molecule has 1 atom stereocenters. The summed E-state index contributed by atoms with van der Waals surface area (Å²) >= 11 is 0. The van der Waals surface area contributed by atoms with Gasteiger partial charge in [0.1, 0.15) is 15.3 Å². The normalized spacial score (nSPS) is 19.0. The van der Waals surface area contributed by atoms with Crippen molar-refractivity contribution in [1.29, 1.82) is 0 Å². The fourth-order valence-electron chi connectivity index (χ4n) is 1.39. The van der Waals surface area contributed by atoms with Crippen molar-refractivity contribution in [3.63, 3.8) is 0 Å². The summed E-state index contributed by atoms with van der Waals surface area (Å²) in [6.07, 6.45) is 1.51. The van der Waals surface area contributed by atoms with Crippen molar-refractivity contribution in [3.8, 4) is 0 Å². The zero-order valence-electron chi connectivity index (χ0n) is 10.6. The number of hydrogen-bond donors (Lipinski definition) is 2. The Morgan fingerprint density at radius 2 is 1.94 bits per heavy atom. The van der Waals surface area contributed by atoms with Crippen LogP contribution in [0, 0.1) is 5.41 Å². The van der Waals surface area contributed by atoms with Crippen LogP contribution >= 0.6 is 0 Å². The molecular weight excluding hydrogens is 258 g/mol. The van der Waals surface area contributed by atoms with Crippen molar-refractivity contribution in [2.24, 2.45) is 5.41 Å². The smallest absolute Gasteiger partial charge is 0.318 e. The van der Waals surface area contributed by atoms with Gasteiger partial charge in [-0.05, 0) is 26.2 Å². The molecule has 0 aromatic carbocycles. The maximum absolute atomic E-state index is 11.9. The van der Waals surface area contributed by atoms with Crippen LogP contribution in [-0.4, -0.2) is 42.9 Å². The van der Waals surface area contributed by atoms with Gasteiger partial charge in [-0.25, -0.2) is 8.42 Å². The molecule has 1 unspecified atom stereocenters. The summed E-state index contributed by atoms with van der Waals surface area (Å²) in [5.41, 5.74) is -1.68. The summed E-state index contributed by atoms with van der Waals surface area (Å²) in [6.45, 7) is 2.77. The molecule has 1 aliphatic carbocycles. The molecule has 7 heteroatoms. The molecule has 1 rings (SSSR count). The summed E-state index contributed by atoms with van der Waals surface area (Å²) in [5.74, 6) is -2.21. The number of carboxylic acids is 1. The SMILES string of the molecule is CCS(=O)(=O)CCC(C)(C(=O)O)C(=O)NC1CC1. The third kappa shape index (κ3) is 3.69. The molecule has 0 bridgehead atoms. The molecule has 0 heterocycles. The Hall–Kier alpha value is -1.11. The number of nitrogens with one attached hydrogen (secondary N) is 1. The second-order valence-electron chi connectivity index (χ2n) is 4.87. The highest BCUT2D eigenvalue weighted by Crippen LogP contribution is 2.26. The first-order valence-corrected chi connectivity index (χ1v) is 7.78. The summed E-state index contributed by atoms with van der Waals surface area (Å²) < 4.78 is 22.8. The van der Waals surface area contributed by atoms with Gasteiger partial charge in [-0.2, -0.15) is 0 Å². The lowest BCUT2D eigenvalue weighted by atomic mass is 9.86. The molecule has 2 N–H and O–H groups in total. The van der Waals surface area contributed by atoms with Gasteiger partial charge in [-0.1, -0.05) is 6.92 Å². The van der Waals surface area contributed by atoms with E-state index in [-0.39, 0.29) is 24.0 Å². The first-order valence-electron chi connectivity index (χ1n) is 5.96. The molecular formula is C11H19NO5S. The Bertz CT molecular complexity index is 440. The first kappa shape index (κ1) is 14.9. The number of sulfone groups is 1. The van der Waals surface area contributed by atoms with Crippen molar-refractivity contribution in [3.05, 3.63) is 0 Å². The predicted octanol–water partition coefficient (Wildman–Crippen LogP) is 0.181. The zero-order valence-corrected chi connectivity index (χ0v) is 11.4. The lowest BCUT2D eigenvalue weighted by Gasteiger charge is -2.23. The predicted molar refractivity (Wildman–Crippen MR) is 65.9 cm³/mol. The van der Waals surface area contributed by atoms with Crippen LogP contribution in [0.3, 0.4) is 0 Å². The van der Waals surface area contributed by atoms with E-state index in [0.717, 1.165) is 12.8 Å². The minimum atomic E-state index is -3.28. The number of rotatable bonds is 7. The number of hydrogen-bond acceptors (Lipinski definition) is 4. The number of aliphatic carboxylic acids is 1. The van der Waals surface area contributed by atoms with Crippen LogP contribution in [0.2, 0.25) is 0 Å². The summed E-state index contributed by atoms with van der Waals surface area (Å²) in [7, 11) is -3.28. The lowest BCUT2D eigenvalue weighted by Crippen LogP contribution is -2.46. The Balaban J connectivity index is 2.73. The van der Waals surface area contributed by atoms with Gasteiger partial charge < -0.3 is 10.4 Å². The van der Waals surface area contributed by atoms with Crippen LogP contribution in [0.5, 0.6) is 0 Å². The molecule has 0 aliphatic heterocycles. The maximum atomic E-state index is 11.9. The largest absolute Gasteiger partial charge is 0.480 e. The summed E-state index contributed by atoms with van der Waals surface area (Å²) in [5, 5.41) is 11.8. The topological polar surface area (TPSA) is 101 Å². The highest BCUT2D eigenvalue weighted by molar-refractivity contribution is 7.91. The van der Waals surface area contributed by atoms with Crippen LogP contribution in [0.1, 0.15) is 33.1 Å². The molecule has 1 aliphatic rings. The Kier molecular flexibility index (Phi) is 4.37. The van der Waals surface area contributed by atoms with Crippen molar-refractivity contribution in [2.75, 3.05) is 11.5 Å².